The van der Waals surface area contributed by atoms with Gasteiger partial charge in [0.2, 0.25) is 0 Å². The van der Waals surface area contributed by atoms with Gasteiger partial charge >= 0.3 is 0 Å². The third kappa shape index (κ3) is 2.11. The molecule has 0 bridgehead atoms. The van der Waals surface area contributed by atoms with Crippen LogP contribution in [0.4, 0.5) is 0 Å². The first kappa shape index (κ1) is 17.6. The smallest absolute Gasteiger partial charge is 0.119 e. The topological polar surface area (TPSA) is 20.2 Å². The molecule has 1 atom stereocenters. The van der Waals surface area contributed by atoms with E-state index >= 15 is 0 Å². The fraction of sp³-hybridized carbons (Fsp3) is 0.0625. The lowest BCUT2D eigenvalue weighted by atomic mass is 9.74. The van der Waals surface area contributed by atoms with Gasteiger partial charge in [0.1, 0.15) is 5.60 Å². The number of rotatable bonds is 1. The van der Waals surface area contributed by atoms with E-state index in [0.717, 1.165) is 16.5 Å². The van der Waals surface area contributed by atoms with E-state index in [0.29, 0.717) is 6.42 Å². The second kappa shape index (κ2) is 5.89. The summed E-state index contributed by atoms with van der Waals surface area (Å²) in [7, 11) is 0. The first-order valence-corrected chi connectivity index (χ1v) is 11.6. The zero-order chi connectivity index (χ0) is 21.7. The Morgan fingerprint density at radius 3 is 1.70 bits per heavy atom. The summed E-state index contributed by atoms with van der Waals surface area (Å²) in [6.07, 6.45) is 2.78. The number of aliphatic hydroxyl groups is 1. The Bertz CT molecular complexity index is 1930. The van der Waals surface area contributed by atoms with E-state index in [1.165, 1.54) is 53.7 Å². The molecule has 1 nitrogen and oxygen atoms in total. The van der Waals surface area contributed by atoms with Crippen LogP contribution in [0.5, 0.6) is 0 Å². The number of hydrogen-bond acceptors (Lipinski definition) is 1. The van der Waals surface area contributed by atoms with Crippen molar-refractivity contribution in [2.75, 3.05) is 0 Å². The maximum absolute atomic E-state index is 12.4. The minimum Gasteiger partial charge on any atom is -0.380 e. The van der Waals surface area contributed by atoms with Crippen molar-refractivity contribution in [3.8, 4) is 0 Å². The molecular formula is C32H20O. The summed E-state index contributed by atoms with van der Waals surface area (Å²) in [5.41, 5.74) is 0.929. The number of hydrogen-bond donors (Lipinski definition) is 1. The van der Waals surface area contributed by atoms with Crippen molar-refractivity contribution >= 4 is 59.9 Å². The van der Waals surface area contributed by atoms with Crippen LogP contribution in [0, 0.1) is 0 Å². The Labute approximate surface area is 190 Å². The Balaban J connectivity index is 1.52. The molecule has 0 saturated heterocycles. The molecule has 1 N–H and O–H groups in total. The predicted octanol–water partition coefficient (Wildman–Crippen LogP) is 7.03. The molecule has 0 aromatic heterocycles. The van der Waals surface area contributed by atoms with Crippen molar-refractivity contribution in [1.29, 1.82) is 0 Å². The molecule has 1 aliphatic carbocycles. The lowest BCUT2D eigenvalue weighted by Gasteiger charge is -2.34. The van der Waals surface area contributed by atoms with E-state index in [-0.39, 0.29) is 0 Å². The van der Waals surface area contributed by atoms with Crippen molar-refractivity contribution in [1.82, 2.24) is 0 Å². The van der Waals surface area contributed by atoms with Crippen molar-refractivity contribution < 1.29 is 5.11 Å². The van der Waals surface area contributed by atoms with Gasteiger partial charge in [-0.15, -0.1) is 0 Å². The summed E-state index contributed by atoms with van der Waals surface area (Å²) in [5.74, 6) is 0. The van der Waals surface area contributed by atoms with Gasteiger partial charge in [-0.1, -0.05) is 103 Å². The van der Waals surface area contributed by atoms with Gasteiger partial charge in [0.15, 0.2) is 0 Å². The molecule has 1 heteroatoms. The number of benzene rings is 7. The van der Waals surface area contributed by atoms with Gasteiger partial charge in [-0.05, 0) is 70.2 Å². The monoisotopic (exact) mass is 420 g/mol. The summed E-state index contributed by atoms with van der Waals surface area (Å²) in [6, 6.07) is 34.8. The highest BCUT2D eigenvalue weighted by Crippen LogP contribution is 2.45. The molecule has 33 heavy (non-hydrogen) atoms. The predicted molar refractivity (Wildman–Crippen MR) is 139 cm³/mol. The maximum Gasteiger partial charge on any atom is 0.119 e. The van der Waals surface area contributed by atoms with E-state index in [9.17, 15) is 5.11 Å². The molecule has 7 aromatic rings. The molecule has 0 spiro atoms. The highest BCUT2D eigenvalue weighted by atomic mass is 16.3. The molecule has 7 aromatic carbocycles. The molecule has 0 saturated carbocycles. The average molecular weight is 421 g/mol. The van der Waals surface area contributed by atoms with Crippen LogP contribution >= 0.6 is 0 Å². The molecular weight excluding hydrogens is 400 g/mol. The molecule has 154 valence electrons. The summed E-state index contributed by atoms with van der Waals surface area (Å²) < 4.78 is 0. The third-order valence-electron chi connectivity index (χ3n) is 7.85. The van der Waals surface area contributed by atoms with Crippen molar-refractivity contribution in [3.63, 3.8) is 0 Å². The van der Waals surface area contributed by atoms with Crippen LogP contribution < -0.4 is 5.22 Å². The van der Waals surface area contributed by atoms with Crippen LogP contribution in [0.1, 0.15) is 17.5 Å². The van der Waals surface area contributed by atoms with Gasteiger partial charge in [0.05, 0.1) is 0 Å². The largest absolute Gasteiger partial charge is 0.380 e. The van der Waals surface area contributed by atoms with Gasteiger partial charge in [0.25, 0.3) is 0 Å². The zero-order valence-electron chi connectivity index (χ0n) is 18.0. The van der Waals surface area contributed by atoms with Crippen LogP contribution in [-0.4, -0.2) is 5.11 Å². The van der Waals surface area contributed by atoms with Crippen molar-refractivity contribution in [3.05, 3.63) is 113 Å². The summed E-state index contributed by atoms with van der Waals surface area (Å²) in [6.45, 7) is 0. The van der Waals surface area contributed by atoms with Gasteiger partial charge < -0.3 is 5.11 Å². The second-order valence-electron chi connectivity index (χ2n) is 9.46. The van der Waals surface area contributed by atoms with Gasteiger partial charge in [0, 0.05) is 6.42 Å². The van der Waals surface area contributed by atoms with E-state index in [4.69, 9.17) is 0 Å². The fourth-order valence-electron chi connectivity index (χ4n) is 6.34. The molecule has 0 fully saturated rings. The standard InChI is InChI=1S/C32H20O/c33-32(18-17-24-10-8-20-4-2-6-22-13-16-27(32)31(24)29(20)22)26-15-12-23-9-7-19-3-1-5-21-11-14-25(26)30(23)28(19)21/h1-17,33H,18H2. The minimum atomic E-state index is -1.08. The lowest BCUT2D eigenvalue weighted by molar-refractivity contribution is 0.0901. The second-order valence-corrected chi connectivity index (χ2v) is 9.46. The van der Waals surface area contributed by atoms with E-state index in [1.807, 2.05) is 0 Å². The van der Waals surface area contributed by atoms with Gasteiger partial charge in [-0.25, -0.2) is 0 Å². The first-order valence-electron chi connectivity index (χ1n) is 11.6. The molecule has 0 aliphatic heterocycles. The van der Waals surface area contributed by atoms with Crippen LogP contribution in [0.15, 0.2) is 97.1 Å². The van der Waals surface area contributed by atoms with Crippen LogP contribution in [0.3, 0.4) is 0 Å². The maximum atomic E-state index is 12.4. The van der Waals surface area contributed by atoms with E-state index in [1.54, 1.807) is 0 Å². The SMILES string of the molecule is OC1(c2ccc3ccc4cccc5ccc2c3c45)CC=c2ccc3cccc4ccc1c2c43. The Hall–Kier alpha value is -3.94. The fourth-order valence-corrected chi connectivity index (χ4v) is 6.34. The lowest BCUT2D eigenvalue weighted by Crippen LogP contribution is -2.32. The molecule has 1 unspecified atom stereocenters. The van der Waals surface area contributed by atoms with Gasteiger partial charge in [-0.2, -0.15) is 0 Å². The molecule has 0 radical (unpaired) electrons. The van der Waals surface area contributed by atoms with Crippen LogP contribution in [0.2, 0.25) is 0 Å². The summed E-state index contributed by atoms with van der Waals surface area (Å²) >= 11 is 0. The average Bonchev–Trinajstić information content (AvgIpc) is 2.87. The Morgan fingerprint density at radius 1 is 0.485 bits per heavy atom. The molecule has 1 aliphatic rings. The Kier molecular flexibility index (Phi) is 3.14. The van der Waals surface area contributed by atoms with Crippen molar-refractivity contribution in [2.45, 2.75) is 12.0 Å². The molecule has 0 heterocycles. The van der Waals surface area contributed by atoms with E-state index < -0.39 is 5.60 Å². The molecule has 0 amide bonds. The first-order chi connectivity index (χ1) is 16.2. The van der Waals surface area contributed by atoms with Gasteiger partial charge in [-0.3, -0.25) is 0 Å². The summed E-state index contributed by atoms with van der Waals surface area (Å²) in [4.78, 5) is 0. The minimum absolute atomic E-state index is 0.567. The zero-order valence-corrected chi connectivity index (χ0v) is 18.0. The highest BCUT2D eigenvalue weighted by Gasteiger charge is 2.36. The summed E-state index contributed by atoms with van der Waals surface area (Å²) in [5, 5.41) is 25.9. The Morgan fingerprint density at radius 2 is 1.00 bits per heavy atom. The molecule has 8 rings (SSSR count). The van der Waals surface area contributed by atoms with Crippen LogP contribution in [0.25, 0.3) is 59.9 Å². The normalized spacial score (nSPS) is 18.1. The van der Waals surface area contributed by atoms with E-state index in [2.05, 4.69) is 103 Å². The third-order valence-corrected chi connectivity index (χ3v) is 7.85. The van der Waals surface area contributed by atoms with Crippen LogP contribution in [-0.2, 0) is 5.60 Å². The quantitative estimate of drug-likeness (QED) is 0.283. The highest BCUT2D eigenvalue weighted by molar-refractivity contribution is 6.24. The van der Waals surface area contributed by atoms with Crippen molar-refractivity contribution in [2.24, 2.45) is 0 Å².